The maximum Gasteiger partial charge on any atom is 0.258 e. The normalized spacial score (nSPS) is 10.7. The van der Waals surface area contributed by atoms with Gasteiger partial charge in [-0.3, -0.25) is 9.59 Å². The molecule has 3 rings (SSSR count). The molecule has 2 N–H and O–H groups in total. The zero-order valence-electron chi connectivity index (χ0n) is 19.4. The van der Waals surface area contributed by atoms with E-state index in [4.69, 9.17) is 0 Å². The first kappa shape index (κ1) is 23.5. The third-order valence-corrected chi connectivity index (χ3v) is 6.19. The maximum atomic E-state index is 13.1. The second-order valence-corrected chi connectivity index (χ2v) is 9.10. The number of nitrogens with one attached hydrogen (secondary N) is 2. The second-order valence-electron chi connectivity index (χ2n) is 8.14. The third kappa shape index (κ3) is 5.56. The van der Waals surface area contributed by atoms with Gasteiger partial charge in [0.25, 0.3) is 5.91 Å². The van der Waals surface area contributed by atoms with Crippen molar-refractivity contribution in [1.82, 2.24) is 4.98 Å². The Balaban J connectivity index is 1.79. The molecule has 0 aliphatic carbocycles. The van der Waals surface area contributed by atoms with Gasteiger partial charge >= 0.3 is 0 Å². The first-order chi connectivity index (χ1) is 15.2. The van der Waals surface area contributed by atoms with E-state index < -0.39 is 0 Å². The van der Waals surface area contributed by atoms with Gasteiger partial charge in [0.05, 0.1) is 11.3 Å². The minimum absolute atomic E-state index is 0.128. The van der Waals surface area contributed by atoms with Crippen LogP contribution in [-0.2, 0) is 4.79 Å². The van der Waals surface area contributed by atoms with Gasteiger partial charge in [0, 0.05) is 17.1 Å². The first-order valence-electron chi connectivity index (χ1n) is 10.5. The molecule has 0 atom stereocenters. The van der Waals surface area contributed by atoms with Crippen LogP contribution < -0.4 is 10.6 Å². The van der Waals surface area contributed by atoms with E-state index in [1.165, 1.54) is 11.8 Å². The lowest BCUT2D eigenvalue weighted by Crippen LogP contribution is -2.19. The molecule has 1 aromatic heterocycles. The van der Waals surface area contributed by atoms with Crippen molar-refractivity contribution in [3.63, 3.8) is 0 Å². The van der Waals surface area contributed by atoms with E-state index in [2.05, 4.69) is 27.8 Å². The van der Waals surface area contributed by atoms with Crippen molar-refractivity contribution in [2.75, 3.05) is 16.4 Å². The molecule has 0 saturated heterocycles. The average Bonchev–Trinajstić information content (AvgIpc) is 2.70. The van der Waals surface area contributed by atoms with Gasteiger partial charge in [-0.1, -0.05) is 47.7 Å². The summed E-state index contributed by atoms with van der Waals surface area (Å²) in [7, 11) is 0. The molecule has 0 radical (unpaired) electrons. The number of aromatic nitrogens is 1. The van der Waals surface area contributed by atoms with Crippen molar-refractivity contribution in [1.29, 1.82) is 0 Å². The highest BCUT2D eigenvalue weighted by Crippen LogP contribution is 2.27. The fourth-order valence-corrected chi connectivity index (χ4v) is 4.71. The van der Waals surface area contributed by atoms with E-state index in [-0.39, 0.29) is 17.6 Å². The van der Waals surface area contributed by atoms with Crippen LogP contribution in [0, 0.1) is 41.5 Å². The summed E-state index contributed by atoms with van der Waals surface area (Å²) in [6.07, 6.45) is 0. The number of pyridine rings is 1. The molecule has 0 aliphatic rings. The number of rotatable bonds is 6. The predicted molar refractivity (Wildman–Crippen MR) is 133 cm³/mol. The van der Waals surface area contributed by atoms with Crippen LogP contribution in [-0.4, -0.2) is 22.6 Å². The number of hydrogen-bond donors (Lipinski definition) is 2. The van der Waals surface area contributed by atoms with Gasteiger partial charge in [-0.05, 0) is 75.9 Å². The van der Waals surface area contributed by atoms with Crippen molar-refractivity contribution >= 4 is 35.0 Å². The van der Waals surface area contributed by atoms with Crippen molar-refractivity contribution in [2.24, 2.45) is 0 Å². The molecule has 0 saturated carbocycles. The molecule has 2 aromatic carbocycles. The number of carbonyl (C=O) groups excluding carboxylic acids is 2. The Kier molecular flexibility index (Phi) is 7.36. The number of nitrogens with zero attached hydrogens (tertiary/aromatic N) is 1. The highest BCUT2D eigenvalue weighted by Gasteiger charge is 2.19. The van der Waals surface area contributed by atoms with Gasteiger partial charge in [0.15, 0.2) is 0 Å². The Morgan fingerprint density at radius 2 is 1.50 bits per heavy atom. The van der Waals surface area contributed by atoms with Gasteiger partial charge in [0.1, 0.15) is 5.03 Å². The Bertz CT molecular complexity index is 1160. The number of benzene rings is 2. The summed E-state index contributed by atoms with van der Waals surface area (Å²) in [5.41, 5.74) is 7.95. The van der Waals surface area contributed by atoms with E-state index in [9.17, 15) is 9.59 Å². The number of anilines is 2. The summed E-state index contributed by atoms with van der Waals surface area (Å²) >= 11 is 1.28. The lowest BCUT2D eigenvalue weighted by atomic mass is 10.1. The minimum Gasteiger partial charge on any atom is -0.325 e. The SMILES string of the molecule is Cc1cc(C)c(NC(=O)CSc2nc(C)cc(C)c2C(=O)Nc2ccccc2C)c(C)c1. The van der Waals surface area contributed by atoms with Crippen molar-refractivity contribution in [3.05, 3.63) is 81.5 Å². The fraction of sp³-hybridized carbons (Fsp3) is 0.269. The minimum atomic E-state index is -0.225. The molecule has 1 heterocycles. The zero-order valence-corrected chi connectivity index (χ0v) is 20.2. The van der Waals surface area contributed by atoms with Gasteiger partial charge in [-0.15, -0.1) is 0 Å². The van der Waals surface area contributed by atoms with Gasteiger partial charge < -0.3 is 10.6 Å². The van der Waals surface area contributed by atoms with E-state index in [1.54, 1.807) is 0 Å². The molecule has 2 amide bonds. The number of para-hydroxylation sites is 1. The summed E-state index contributed by atoms with van der Waals surface area (Å²) in [4.78, 5) is 30.4. The highest BCUT2D eigenvalue weighted by molar-refractivity contribution is 8.00. The highest BCUT2D eigenvalue weighted by atomic mass is 32.2. The Morgan fingerprint density at radius 3 is 2.16 bits per heavy atom. The topological polar surface area (TPSA) is 71.1 Å². The summed E-state index contributed by atoms with van der Waals surface area (Å²) < 4.78 is 0. The van der Waals surface area contributed by atoms with E-state index in [0.717, 1.165) is 44.9 Å². The molecule has 0 fully saturated rings. The molecular formula is C26H29N3O2S. The lowest BCUT2D eigenvalue weighted by Gasteiger charge is -2.15. The van der Waals surface area contributed by atoms with Crippen LogP contribution in [0.1, 0.15) is 43.9 Å². The first-order valence-corrected chi connectivity index (χ1v) is 11.5. The van der Waals surface area contributed by atoms with Crippen LogP contribution in [0.2, 0.25) is 0 Å². The molecule has 32 heavy (non-hydrogen) atoms. The molecule has 5 nitrogen and oxygen atoms in total. The largest absolute Gasteiger partial charge is 0.325 e. The van der Waals surface area contributed by atoms with Gasteiger partial charge in [-0.2, -0.15) is 0 Å². The van der Waals surface area contributed by atoms with E-state index in [1.807, 2.05) is 71.9 Å². The summed E-state index contributed by atoms with van der Waals surface area (Å²) in [5, 5.41) is 6.55. The molecular weight excluding hydrogens is 418 g/mol. The van der Waals surface area contributed by atoms with Crippen LogP contribution in [0.15, 0.2) is 47.5 Å². The molecule has 0 aliphatic heterocycles. The van der Waals surface area contributed by atoms with Crippen LogP contribution in [0.3, 0.4) is 0 Å². The molecule has 6 heteroatoms. The fourth-order valence-electron chi connectivity index (χ4n) is 3.77. The summed E-state index contributed by atoms with van der Waals surface area (Å²) in [6, 6.07) is 13.6. The van der Waals surface area contributed by atoms with Crippen LogP contribution >= 0.6 is 11.8 Å². The Labute approximate surface area is 194 Å². The van der Waals surface area contributed by atoms with Crippen LogP contribution in [0.25, 0.3) is 0 Å². The smallest absolute Gasteiger partial charge is 0.258 e. The van der Waals surface area contributed by atoms with E-state index >= 15 is 0 Å². The van der Waals surface area contributed by atoms with Crippen molar-refractivity contribution in [2.45, 2.75) is 46.6 Å². The maximum absolute atomic E-state index is 13.1. The van der Waals surface area contributed by atoms with Crippen molar-refractivity contribution in [3.8, 4) is 0 Å². The van der Waals surface area contributed by atoms with Gasteiger partial charge in [-0.25, -0.2) is 4.98 Å². The number of carbonyl (C=O) groups is 2. The van der Waals surface area contributed by atoms with Gasteiger partial charge in [0.2, 0.25) is 5.91 Å². The molecule has 0 unspecified atom stereocenters. The Hall–Kier alpha value is -3.12. The second kappa shape index (κ2) is 10.0. The molecule has 0 spiro atoms. The standard InChI is InChI=1S/C26H29N3O2S/c1-15-11-18(4)24(19(5)12-15)29-22(30)14-32-26-23(17(3)13-20(6)27-26)25(31)28-21-10-8-7-9-16(21)2/h7-13H,14H2,1-6H3,(H,28,31)(H,29,30). The number of thioether (sulfide) groups is 1. The van der Waals surface area contributed by atoms with Crippen LogP contribution in [0.5, 0.6) is 0 Å². The lowest BCUT2D eigenvalue weighted by molar-refractivity contribution is -0.113. The number of amides is 2. The number of hydrogen-bond acceptors (Lipinski definition) is 4. The summed E-state index contributed by atoms with van der Waals surface area (Å²) in [5.74, 6) is -0.193. The summed E-state index contributed by atoms with van der Waals surface area (Å²) in [6.45, 7) is 11.7. The Morgan fingerprint density at radius 1 is 0.844 bits per heavy atom. The molecule has 166 valence electrons. The average molecular weight is 448 g/mol. The monoisotopic (exact) mass is 447 g/mol. The third-order valence-electron chi connectivity index (χ3n) is 5.21. The number of aryl methyl sites for hydroxylation is 6. The van der Waals surface area contributed by atoms with E-state index in [0.29, 0.717) is 10.6 Å². The predicted octanol–water partition coefficient (Wildman–Crippen LogP) is 5.92. The molecule has 3 aromatic rings. The molecule has 0 bridgehead atoms. The zero-order chi connectivity index (χ0) is 23.4. The quantitative estimate of drug-likeness (QED) is 0.461. The van der Waals surface area contributed by atoms with Crippen molar-refractivity contribution < 1.29 is 9.59 Å². The van der Waals surface area contributed by atoms with Crippen LogP contribution in [0.4, 0.5) is 11.4 Å².